The molecule has 19 heavy (non-hydrogen) atoms. The molecule has 0 fully saturated rings. The Balaban J connectivity index is 2.16. The first-order chi connectivity index (χ1) is 9.24. The van der Waals surface area contributed by atoms with E-state index in [0.29, 0.717) is 5.56 Å². The van der Waals surface area contributed by atoms with Crippen molar-refractivity contribution in [1.82, 2.24) is 10.2 Å². The number of rotatable bonds is 5. The summed E-state index contributed by atoms with van der Waals surface area (Å²) in [6.07, 6.45) is 4.66. The molecule has 0 bridgehead atoms. The summed E-state index contributed by atoms with van der Waals surface area (Å²) in [6, 6.07) is 7.85. The van der Waals surface area contributed by atoms with E-state index >= 15 is 0 Å². The summed E-state index contributed by atoms with van der Waals surface area (Å²) in [4.78, 5) is 0. The van der Waals surface area contributed by atoms with Crippen LogP contribution in [0.15, 0.2) is 18.2 Å². The zero-order valence-corrected chi connectivity index (χ0v) is 12.1. The van der Waals surface area contributed by atoms with E-state index in [0.717, 1.165) is 27.6 Å². The minimum atomic E-state index is 0.689. The van der Waals surface area contributed by atoms with E-state index in [1.54, 1.807) is 11.3 Å². The van der Waals surface area contributed by atoms with Crippen LogP contribution in [-0.2, 0) is 6.42 Å². The van der Waals surface area contributed by atoms with E-state index in [2.05, 4.69) is 23.2 Å². The maximum absolute atomic E-state index is 8.87. The summed E-state index contributed by atoms with van der Waals surface area (Å²) in [5.41, 5.74) is 2.85. The van der Waals surface area contributed by atoms with Crippen LogP contribution in [0.4, 0.5) is 0 Å². The molecule has 0 N–H and O–H groups in total. The summed E-state index contributed by atoms with van der Waals surface area (Å²) >= 11 is 1.66. The zero-order valence-electron chi connectivity index (χ0n) is 11.3. The van der Waals surface area contributed by atoms with Crippen LogP contribution in [0, 0.1) is 18.3 Å². The molecule has 0 aliphatic heterocycles. The predicted molar refractivity (Wildman–Crippen MR) is 78.0 cm³/mol. The lowest BCUT2D eigenvalue weighted by molar-refractivity contribution is 0.710. The van der Waals surface area contributed by atoms with Crippen LogP contribution in [0.5, 0.6) is 0 Å². The summed E-state index contributed by atoms with van der Waals surface area (Å²) < 4.78 is 0. The largest absolute Gasteiger partial charge is 0.192 e. The molecule has 0 saturated heterocycles. The second-order valence-corrected chi connectivity index (χ2v) is 5.66. The van der Waals surface area contributed by atoms with Crippen molar-refractivity contribution in [1.29, 1.82) is 5.26 Å². The summed E-state index contributed by atoms with van der Waals surface area (Å²) in [7, 11) is 0. The third kappa shape index (κ3) is 3.39. The Kier molecular flexibility index (Phi) is 4.64. The highest BCUT2D eigenvalue weighted by Crippen LogP contribution is 2.27. The monoisotopic (exact) mass is 271 g/mol. The molecular formula is C15H17N3S. The molecule has 0 amide bonds. The second-order valence-electron chi connectivity index (χ2n) is 4.60. The van der Waals surface area contributed by atoms with Crippen LogP contribution >= 0.6 is 11.3 Å². The van der Waals surface area contributed by atoms with E-state index < -0.39 is 0 Å². The van der Waals surface area contributed by atoms with Crippen molar-refractivity contribution >= 4 is 11.3 Å². The Morgan fingerprint density at radius 1 is 1.26 bits per heavy atom. The number of nitriles is 1. The molecular weight excluding hydrogens is 254 g/mol. The highest BCUT2D eigenvalue weighted by molar-refractivity contribution is 7.14. The Morgan fingerprint density at radius 2 is 2.11 bits per heavy atom. The maximum Gasteiger partial charge on any atom is 0.148 e. The second kappa shape index (κ2) is 6.44. The molecule has 0 radical (unpaired) electrons. The molecule has 0 spiro atoms. The summed E-state index contributed by atoms with van der Waals surface area (Å²) in [5.74, 6) is 0. The lowest BCUT2D eigenvalue weighted by Gasteiger charge is -2.01. The van der Waals surface area contributed by atoms with E-state index in [4.69, 9.17) is 5.26 Å². The lowest BCUT2D eigenvalue weighted by atomic mass is 10.1. The van der Waals surface area contributed by atoms with E-state index in [1.807, 2.05) is 25.1 Å². The van der Waals surface area contributed by atoms with Crippen molar-refractivity contribution in [3.63, 3.8) is 0 Å². The average Bonchev–Trinajstić information content (AvgIpc) is 2.87. The molecule has 2 rings (SSSR count). The first-order valence-electron chi connectivity index (χ1n) is 6.58. The number of hydrogen-bond acceptors (Lipinski definition) is 4. The van der Waals surface area contributed by atoms with Gasteiger partial charge in [0.1, 0.15) is 10.0 Å². The normalized spacial score (nSPS) is 10.4. The number of hydrogen-bond donors (Lipinski definition) is 0. The molecule has 0 unspecified atom stereocenters. The fourth-order valence-corrected chi connectivity index (χ4v) is 2.93. The molecule has 3 nitrogen and oxygen atoms in total. The number of aryl methyl sites for hydroxylation is 2. The smallest absolute Gasteiger partial charge is 0.148 e. The molecule has 1 aromatic heterocycles. The van der Waals surface area contributed by atoms with Crippen LogP contribution < -0.4 is 0 Å². The minimum absolute atomic E-state index is 0.689. The number of aromatic nitrogens is 2. The third-order valence-electron chi connectivity index (χ3n) is 3.05. The van der Waals surface area contributed by atoms with Gasteiger partial charge in [-0.15, -0.1) is 10.2 Å². The van der Waals surface area contributed by atoms with Crippen molar-refractivity contribution in [3.05, 3.63) is 34.3 Å². The quantitative estimate of drug-likeness (QED) is 0.769. The number of benzene rings is 1. The van der Waals surface area contributed by atoms with E-state index in [1.165, 1.54) is 19.3 Å². The maximum atomic E-state index is 8.87. The predicted octanol–water partition coefficient (Wildman–Crippen LogP) is 4.12. The Morgan fingerprint density at radius 3 is 2.79 bits per heavy atom. The van der Waals surface area contributed by atoms with Gasteiger partial charge in [0.05, 0.1) is 11.6 Å². The van der Waals surface area contributed by atoms with Gasteiger partial charge < -0.3 is 0 Å². The van der Waals surface area contributed by atoms with Gasteiger partial charge in [0.2, 0.25) is 0 Å². The standard InChI is InChI=1S/C15H17N3S/c1-3-4-5-6-14-17-18-15(19-14)13-8-7-12(10-16)9-11(13)2/h7-9H,3-6H2,1-2H3. The molecule has 0 atom stereocenters. The lowest BCUT2D eigenvalue weighted by Crippen LogP contribution is -1.85. The fourth-order valence-electron chi connectivity index (χ4n) is 1.96. The third-order valence-corrected chi connectivity index (χ3v) is 4.06. The van der Waals surface area contributed by atoms with Crippen LogP contribution in [0.3, 0.4) is 0 Å². The van der Waals surface area contributed by atoms with Gasteiger partial charge in [-0.25, -0.2) is 0 Å². The van der Waals surface area contributed by atoms with Crippen molar-refractivity contribution in [2.45, 2.75) is 39.5 Å². The highest BCUT2D eigenvalue weighted by atomic mass is 32.1. The highest BCUT2D eigenvalue weighted by Gasteiger charge is 2.09. The van der Waals surface area contributed by atoms with Gasteiger partial charge in [0.25, 0.3) is 0 Å². The molecule has 0 aliphatic rings. The average molecular weight is 271 g/mol. The first-order valence-corrected chi connectivity index (χ1v) is 7.39. The van der Waals surface area contributed by atoms with Crippen LogP contribution in [-0.4, -0.2) is 10.2 Å². The number of nitrogens with zero attached hydrogens (tertiary/aromatic N) is 3. The Bertz CT molecular complexity index is 596. The van der Waals surface area contributed by atoms with Crippen molar-refractivity contribution < 1.29 is 0 Å². The molecule has 98 valence electrons. The van der Waals surface area contributed by atoms with Gasteiger partial charge >= 0.3 is 0 Å². The molecule has 0 saturated carbocycles. The zero-order chi connectivity index (χ0) is 13.7. The Hall–Kier alpha value is -1.73. The molecule has 0 aliphatic carbocycles. The van der Waals surface area contributed by atoms with Gasteiger partial charge in [0.15, 0.2) is 0 Å². The fraction of sp³-hybridized carbons (Fsp3) is 0.400. The molecule has 1 aromatic carbocycles. The van der Waals surface area contributed by atoms with Gasteiger partial charge in [-0.05, 0) is 31.0 Å². The van der Waals surface area contributed by atoms with Gasteiger partial charge in [-0.1, -0.05) is 37.2 Å². The van der Waals surface area contributed by atoms with Crippen molar-refractivity contribution in [2.75, 3.05) is 0 Å². The summed E-state index contributed by atoms with van der Waals surface area (Å²) in [5, 5.41) is 19.4. The van der Waals surface area contributed by atoms with Crippen molar-refractivity contribution in [2.24, 2.45) is 0 Å². The topological polar surface area (TPSA) is 49.6 Å². The first kappa shape index (κ1) is 13.7. The number of unbranched alkanes of at least 4 members (excludes halogenated alkanes) is 2. The van der Waals surface area contributed by atoms with E-state index in [9.17, 15) is 0 Å². The summed E-state index contributed by atoms with van der Waals surface area (Å²) in [6.45, 7) is 4.21. The SMILES string of the molecule is CCCCCc1nnc(-c2ccc(C#N)cc2C)s1. The van der Waals surface area contributed by atoms with E-state index in [-0.39, 0.29) is 0 Å². The van der Waals surface area contributed by atoms with Gasteiger partial charge in [-0.3, -0.25) is 0 Å². The Labute approximate surface area is 117 Å². The minimum Gasteiger partial charge on any atom is -0.192 e. The molecule has 4 heteroatoms. The van der Waals surface area contributed by atoms with Gasteiger partial charge in [-0.2, -0.15) is 5.26 Å². The van der Waals surface area contributed by atoms with Crippen LogP contribution in [0.25, 0.3) is 10.6 Å². The van der Waals surface area contributed by atoms with Crippen molar-refractivity contribution in [3.8, 4) is 16.6 Å². The van der Waals surface area contributed by atoms with Gasteiger partial charge in [0, 0.05) is 12.0 Å². The molecule has 1 heterocycles. The van der Waals surface area contributed by atoms with Crippen LogP contribution in [0.2, 0.25) is 0 Å². The van der Waals surface area contributed by atoms with Crippen LogP contribution in [0.1, 0.15) is 42.3 Å². The molecule has 2 aromatic rings.